The molecule has 2 aliphatic rings. The highest BCUT2D eigenvalue weighted by Gasteiger charge is 2.34. The van der Waals surface area contributed by atoms with Crippen molar-refractivity contribution < 1.29 is 18.7 Å². The molecule has 24 heavy (non-hydrogen) atoms. The van der Waals surface area contributed by atoms with Crippen molar-refractivity contribution in [2.45, 2.75) is 38.9 Å². The van der Waals surface area contributed by atoms with Crippen LogP contribution in [0, 0.1) is 5.92 Å². The Kier molecular flexibility index (Phi) is 5.30. The number of morpholine rings is 1. The van der Waals surface area contributed by atoms with Gasteiger partial charge in [-0.25, -0.2) is 0 Å². The number of piperidine rings is 1. The first-order chi connectivity index (χ1) is 11.4. The van der Waals surface area contributed by atoms with E-state index >= 15 is 0 Å². The van der Waals surface area contributed by atoms with E-state index in [1.54, 1.807) is 17.0 Å². The number of nitrogens with zero attached hydrogens (tertiary/aromatic N) is 2. The van der Waals surface area contributed by atoms with Crippen molar-refractivity contribution in [2.24, 2.45) is 5.92 Å². The van der Waals surface area contributed by atoms with Crippen molar-refractivity contribution in [1.82, 2.24) is 9.80 Å². The summed E-state index contributed by atoms with van der Waals surface area (Å²) in [5.74, 6) is 0.419. The molecule has 3 heterocycles. The van der Waals surface area contributed by atoms with Crippen LogP contribution in [0.15, 0.2) is 21.2 Å². The molecule has 0 aliphatic carbocycles. The van der Waals surface area contributed by atoms with Gasteiger partial charge in [-0.2, -0.15) is 0 Å². The third-order valence-corrected chi connectivity index (χ3v) is 5.07. The highest BCUT2D eigenvalue weighted by molar-refractivity contribution is 9.10. The van der Waals surface area contributed by atoms with Crippen LogP contribution in [0.25, 0.3) is 0 Å². The van der Waals surface area contributed by atoms with E-state index in [0.29, 0.717) is 49.5 Å². The molecule has 0 radical (unpaired) electrons. The maximum atomic E-state index is 12.7. The average molecular weight is 399 g/mol. The molecule has 0 N–H and O–H groups in total. The van der Waals surface area contributed by atoms with Crippen LogP contribution in [-0.2, 0) is 9.53 Å². The number of carbonyl (C=O) groups is 2. The Bertz CT molecular complexity index is 599. The van der Waals surface area contributed by atoms with E-state index in [-0.39, 0.29) is 29.9 Å². The highest BCUT2D eigenvalue weighted by Crippen LogP contribution is 2.24. The second-order valence-corrected chi connectivity index (χ2v) is 7.45. The van der Waals surface area contributed by atoms with E-state index in [1.807, 2.05) is 18.7 Å². The quantitative estimate of drug-likeness (QED) is 0.767. The van der Waals surface area contributed by atoms with Crippen molar-refractivity contribution in [3.8, 4) is 0 Å². The lowest BCUT2D eigenvalue weighted by Gasteiger charge is -2.39. The van der Waals surface area contributed by atoms with Gasteiger partial charge >= 0.3 is 0 Å². The molecule has 0 saturated carbocycles. The van der Waals surface area contributed by atoms with Gasteiger partial charge in [0, 0.05) is 32.1 Å². The summed E-state index contributed by atoms with van der Waals surface area (Å²) in [7, 11) is 0. The van der Waals surface area contributed by atoms with Crippen molar-refractivity contribution in [3.63, 3.8) is 0 Å². The first-order valence-corrected chi connectivity index (χ1v) is 9.22. The summed E-state index contributed by atoms with van der Waals surface area (Å²) in [5, 5.41) is 0. The van der Waals surface area contributed by atoms with Crippen LogP contribution in [0.1, 0.15) is 37.2 Å². The number of halogens is 1. The zero-order valence-electron chi connectivity index (χ0n) is 14.0. The Morgan fingerprint density at radius 1 is 1.08 bits per heavy atom. The lowest BCUT2D eigenvalue weighted by molar-refractivity contribution is -0.148. The van der Waals surface area contributed by atoms with Crippen molar-refractivity contribution in [1.29, 1.82) is 0 Å². The van der Waals surface area contributed by atoms with E-state index < -0.39 is 0 Å². The van der Waals surface area contributed by atoms with E-state index in [4.69, 9.17) is 9.15 Å². The largest absolute Gasteiger partial charge is 0.444 e. The molecule has 132 valence electrons. The van der Waals surface area contributed by atoms with Gasteiger partial charge in [0.25, 0.3) is 5.91 Å². The van der Waals surface area contributed by atoms with Gasteiger partial charge in [-0.3, -0.25) is 9.59 Å². The number of carbonyl (C=O) groups excluding carboxylic acids is 2. The summed E-state index contributed by atoms with van der Waals surface area (Å²) in [5.41, 5.74) is 0. The highest BCUT2D eigenvalue weighted by atomic mass is 79.9. The summed E-state index contributed by atoms with van der Waals surface area (Å²) in [4.78, 5) is 28.8. The number of furan rings is 1. The van der Waals surface area contributed by atoms with Gasteiger partial charge in [0.2, 0.25) is 5.91 Å². The summed E-state index contributed by atoms with van der Waals surface area (Å²) in [6.45, 7) is 6.48. The van der Waals surface area contributed by atoms with Crippen LogP contribution in [0.3, 0.4) is 0 Å². The molecule has 1 aromatic heterocycles. The lowest BCUT2D eigenvalue weighted by atomic mass is 9.94. The van der Waals surface area contributed by atoms with E-state index in [2.05, 4.69) is 15.9 Å². The second kappa shape index (κ2) is 7.27. The van der Waals surface area contributed by atoms with Crippen LogP contribution >= 0.6 is 15.9 Å². The smallest absolute Gasteiger partial charge is 0.289 e. The predicted molar refractivity (Wildman–Crippen MR) is 91.6 cm³/mol. The Morgan fingerprint density at radius 3 is 2.25 bits per heavy atom. The van der Waals surface area contributed by atoms with Crippen LogP contribution in [0.2, 0.25) is 0 Å². The molecule has 2 unspecified atom stereocenters. The fraction of sp³-hybridized carbons (Fsp3) is 0.647. The van der Waals surface area contributed by atoms with Gasteiger partial charge in [-0.1, -0.05) is 0 Å². The molecule has 6 nitrogen and oxygen atoms in total. The number of likely N-dealkylation sites (tertiary alicyclic amines) is 1. The van der Waals surface area contributed by atoms with E-state index in [0.717, 1.165) is 0 Å². The molecule has 0 aromatic carbocycles. The number of ether oxygens (including phenoxy) is 1. The van der Waals surface area contributed by atoms with Crippen LogP contribution in [0.4, 0.5) is 0 Å². The molecule has 3 rings (SSSR count). The molecule has 2 amide bonds. The van der Waals surface area contributed by atoms with Gasteiger partial charge in [0.15, 0.2) is 10.4 Å². The second-order valence-electron chi connectivity index (χ2n) is 6.67. The maximum Gasteiger partial charge on any atom is 0.289 e. The molecule has 2 fully saturated rings. The zero-order valence-corrected chi connectivity index (χ0v) is 15.6. The standard InChI is InChI=1S/C17H23BrN2O4/c1-11-9-20(10-12(2)23-11)16(21)13-5-7-19(8-6-13)17(22)14-3-4-15(18)24-14/h3-4,11-13H,5-10H2,1-2H3. The average Bonchev–Trinajstić information content (AvgIpc) is 2.99. The molecule has 2 saturated heterocycles. The Morgan fingerprint density at radius 2 is 1.71 bits per heavy atom. The van der Waals surface area contributed by atoms with Crippen molar-refractivity contribution in [3.05, 3.63) is 22.6 Å². The molecule has 2 aliphatic heterocycles. The molecular formula is C17H23BrN2O4. The number of rotatable bonds is 2. The summed E-state index contributed by atoms with van der Waals surface area (Å²) in [6, 6.07) is 3.38. The monoisotopic (exact) mass is 398 g/mol. The SMILES string of the molecule is CC1CN(C(=O)C2CCN(C(=O)c3ccc(Br)o3)CC2)CC(C)O1. The summed E-state index contributed by atoms with van der Waals surface area (Å²) >= 11 is 3.21. The number of hydrogen-bond donors (Lipinski definition) is 0. The van der Waals surface area contributed by atoms with Gasteiger partial charge in [0.1, 0.15) is 0 Å². The molecule has 0 bridgehead atoms. The molecular weight excluding hydrogens is 376 g/mol. The van der Waals surface area contributed by atoms with Crippen LogP contribution in [0.5, 0.6) is 0 Å². The number of hydrogen-bond acceptors (Lipinski definition) is 4. The van der Waals surface area contributed by atoms with Crippen LogP contribution in [-0.4, -0.2) is 60.0 Å². The topological polar surface area (TPSA) is 63.0 Å². The minimum Gasteiger partial charge on any atom is -0.444 e. The Balaban J connectivity index is 1.55. The fourth-order valence-electron chi connectivity index (χ4n) is 3.53. The third-order valence-electron chi connectivity index (χ3n) is 4.65. The van der Waals surface area contributed by atoms with Crippen LogP contribution < -0.4 is 0 Å². The van der Waals surface area contributed by atoms with Crippen molar-refractivity contribution >= 4 is 27.7 Å². The first-order valence-electron chi connectivity index (χ1n) is 8.43. The molecule has 2 atom stereocenters. The zero-order chi connectivity index (χ0) is 17.3. The van der Waals surface area contributed by atoms with E-state index in [1.165, 1.54) is 0 Å². The minimum absolute atomic E-state index is 0.00473. The Labute approximate surface area is 150 Å². The maximum absolute atomic E-state index is 12.7. The summed E-state index contributed by atoms with van der Waals surface area (Å²) < 4.78 is 11.6. The van der Waals surface area contributed by atoms with Crippen molar-refractivity contribution in [2.75, 3.05) is 26.2 Å². The molecule has 0 spiro atoms. The van der Waals surface area contributed by atoms with Gasteiger partial charge in [-0.05, 0) is 54.8 Å². The molecule has 1 aromatic rings. The minimum atomic E-state index is -0.111. The normalized spacial score (nSPS) is 25.8. The lowest BCUT2D eigenvalue weighted by Crippen LogP contribution is -2.51. The summed E-state index contributed by atoms with van der Waals surface area (Å²) in [6.07, 6.45) is 1.56. The van der Waals surface area contributed by atoms with E-state index in [9.17, 15) is 9.59 Å². The first kappa shape index (κ1) is 17.5. The molecule has 7 heteroatoms. The van der Waals surface area contributed by atoms with Gasteiger partial charge in [-0.15, -0.1) is 0 Å². The Hall–Kier alpha value is -1.34. The number of amides is 2. The fourth-order valence-corrected chi connectivity index (χ4v) is 3.84. The van der Waals surface area contributed by atoms with Gasteiger partial charge < -0.3 is 19.0 Å². The van der Waals surface area contributed by atoms with Gasteiger partial charge in [0.05, 0.1) is 12.2 Å². The predicted octanol–water partition coefficient (Wildman–Crippen LogP) is 2.53. The third kappa shape index (κ3) is 3.83.